The summed E-state index contributed by atoms with van der Waals surface area (Å²) in [6, 6.07) is -0.641. The molecule has 2 unspecified atom stereocenters. The number of carbonyl (C=O) groups is 1. The van der Waals surface area contributed by atoms with Crippen molar-refractivity contribution in [2.45, 2.75) is 334 Å². The number of hydrogen-bond donors (Lipinski definition) is 3. The highest BCUT2D eigenvalue weighted by molar-refractivity contribution is 5.76. The van der Waals surface area contributed by atoms with Gasteiger partial charge in [0, 0.05) is 6.42 Å². The molecule has 0 aliphatic carbocycles. The van der Waals surface area contributed by atoms with Gasteiger partial charge < -0.3 is 15.5 Å². The third kappa shape index (κ3) is 61.9. The van der Waals surface area contributed by atoms with Gasteiger partial charge in [0.1, 0.15) is 0 Å². The van der Waals surface area contributed by atoms with Crippen molar-refractivity contribution in [1.29, 1.82) is 0 Å². The zero-order valence-electron chi connectivity index (χ0n) is 50.5. The van der Waals surface area contributed by atoms with E-state index >= 15 is 0 Å². The molecule has 4 nitrogen and oxygen atoms in total. The molecule has 1 amide bonds. The molecule has 0 aromatic carbocycles. The molecule has 0 fully saturated rings. The molecule has 4 heteroatoms. The van der Waals surface area contributed by atoms with Crippen LogP contribution in [0.25, 0.3) is 0 Å². The highest BCUT2D eigenvalue weighted by Crippen LogP contribution is 2.18. The van der Waals surface area contributed by atoms with E-state index in [1.54, 1.807) is 6.08 Å². The molecule has 3 N–H and O–H groups in total. The lowest BCUT2D eigenvalue weighted by Gasteiger charge is -2.20. The van der Waals surface area contributed by atoms with E-state index in [2.05, 4.69) is 116 Å². The Balaban J connectivity index is 3.55. The Morgan fingerprint density at radius 3 is 0.868 bits per heavy atom. The fourth-order valence-corrected chi connectivity index (χ4v) is 9.79. The second-order valence-corrected chi connectivity index (χ2v) is 22.2. The number of amides is 1. The van der Waals surface area contributed by atoms with Crippen LogP contribution in [0.1, 0.15) is 322 Å². The lowest BCUT2D eigenvalue weighted by Crippen LogP contribution is -2.45. The average molecular weight is 1050 g/mol. The van der Waals surface area contributed by atoms with Gasteiger partial charge in [-0.2, -0.15) is 0 Å². The second-order valence-electron chi connectivity index (χ2n) is 22.2. The molecular formula is C72H127NO3. The molecule has 0 heterocycles. The van der Waals surface area contributed by atoms with E-state index in [1.807, 2.05) is 6.08 Å². The van der Waals surface area contributed by atoms with Crippen molar-refractivity contribution in [3.63, 3.8) is 0 Å². The first-order valence-electron chi connectivity index (χ1n) is 33.1. The molecule has 0 saturated heterocycles. The van der Waals surface area contributed by atoms with Crippen LogP contribution in [0.15, 0.2) is 109 Å². The van der Waals surface area contributed by atoms with Gasteiger partial charge in [0.2, 0.25) is 5.91 Å². The molecule has 0 bridgehead atoms. The van der Waals surface area contributed by atoms with Gasteiger partial charge in [-0.3, -0.25) is 4.79 Å². The van der Waals surface area contributed by atoms with Gasteiger partial charge >= 0.3 is 0 Å². The number of unbranched alkanes of at least 4 members (excludes halogenated alkanes) is 37. The summed E-state index contributed by atoms with van der Waals surface area (Å²) in [6.45, 7) is 4.21. The number of aliphatic hydroxyl groups excluding tert-OH is 2. The molecule has 0 aliphatic heterocycles. The summed E-state index contributed by atoms with van der Waals surface area (Å²) in [5.41, 5.74) is 0. The Morgan fingerprint density at radius 1 is 0.329 bits per heavy atom. The van der Waals surface area contributed by atoms with E-state index in [0.717, 1.165) is 89.9 Å². The maximum Gasteiger partial charge on any atom is 0.220 e. The summed E-state index contributed by atoms with van der Waals surface area (Å²) in [5.74, 6) is -0.0794. The molecule has 0 rings (SSSR count). The van der Waals surface area contributed by atoms with E-state index in [0.29, 0.717) is 6.42 Å². The standard InChI is InChI=1S/C72H127NO3/c1-3-5-7-9-11-13-15-17-19-21-23-25-27-29-31-33-35-36-38-39-41-43-45-47-49-51-53-55-57-59-61-63-65-67-71(75)70(69-74)73-72(76)68-66-64-62-60-58-56-54-52-50-48-46-44-42-40-37-34-32-30-28-26-24-22-20-18-16-14-12-10-8-6-4-2/h6,8,12,14,18,20,24,26,30,32,37,40,44,46,50,52,65,67,70-71,74-75H,3-5,7,9-11,13,15-17,19,21-23,25,27-29,31,33-36,38-39,41-43,45,47-49,51,53-64,66,68-69H2,1-2H3,(H,73,76)/b8-6-,14-12-,20-18-,26-24-,32-30-,40-37-,46-44-,52-50-,67-65+. The molecule has 0 saturated carbocycles. The first-order valence-corrected chi connectivity index (χ1v) is 33.1. The molecule has 0 spiro atoms. The van der Waals surface area contributed by atoms with Crippen LogP contribution >= 0.6 is 0 Å². The first-order chi connectivity index (χ1) is 37.7. The monoisotopic (exact) mass is 1050 g/mol. The number of allylic oxidation sites excluding steroid dienone is 17. The quantitative estimate of drug-likeness (QED) is 0.0420. The molecule has 76 heavy (non-hydrogen) atoms. The first kappa shape index (κ1) is 73.0. The maximum atomic E-state index is 12.5. The molecule has 438 valence electrons. The smallest absolute Gasteiger partial charge is 0.220 e. The summed E-state index contributed by atoms with van der Waals surface area (Å²) in [6.07, 6.45) is 100. The van der Waals surface area contributed by atoms with Crippen LogP contribution in [0.2, 0.25) is 0 Å². The van der Waals surface area contributed by atoms with E-state index in [1.165, 1.54) is 212 Å². The number of aliphatic hydroxyl groups is 2. The van der Waals surface area contributed by atoms with Gasteiger partial charge in [-0.15, -0.1) is 0 Å². The zero-order valence-corrected chi connectivity index (χ0v) is 50.5. The van der Waals surface area contributed by atoms with Crippen molar-refractivity contribution in [3.05, 3.63) is 109 Å². The van der Waals surface area contributed by atoms with Crippen LogP contribution in [0, 0.1) is 0 Å². The predicted molar refractivity (Wildman–Crippen MR) is 340 cm³/mol. The molecule has 0 aromatic rings. The summed E-state index contributed by atoms with van der Waals surface area (Å²) >= 11 is 0. The molecule has 0 aliphatic rings. The Morgan fingerprint density at radius 2 is 0.579 bits per heavy atom. The van der Waals surface area contributed by atoms with Crippen LogP contribution in [0.4, 0.5) is 0 Å². The van der Waals surface area contributed by atoms with Crippen molar-refractivity contribution in [1.82, 2.24) is 5.32 Å². The third-order valence-electron chi connectivity index (χ3n) is 14.8. The fourth-order valence-electron chi connectivity index (χ4n) is 9.79. The van der Waals surface area contributed by atoms with Crippen molar-refractivity contribution < 1.29 is 15.0 Å². The fraction of sp³-hybridized carbons (Fsp3) is 0.736. The number of nitrogens with one attached hydrogen (secondary N) is 1. The van der Waals surface area contributed by atoms with Crippen LogP contribution in [-0.2, 0) is 4.79 Å². The van der Waals surface area contributed by atoms with Crippen LogP contribution in [0.5, 0.6) is 0 Å². The van der Waals surface area contributed by atoms with E-state index in [-0.39, 0.29) is 12.5 Å². The summed E-state index contributed by atoms with van der Waals surface area (Å²) in [4.78, 5) is 12.5. The lowest BCUT2D eigenvalue weighted by molar-refractivity contribution is -0.123. The van der Waals surface area contributed by atoms with Gasteiger partial charge in [0.25, 0.3) is 0 Å². The number of hydrogen-bond acceptors (Lipinski definition) is 3. The van der Waals surface area contributed by atoms with Crippen molar-refractivity contribution in [3.8, 4) is 0 Å². The van der Waals surface area contributed by atoms with E-state index in [9.17, 15) is 15.0 Å². The van der Waals surface area contributed by atoms with Gasteiger partial charge in [-0.25, -0.2) is 0 Å². The van der Waals surface area contributed by atoms with E-state index in [4.69, 9.17) is 0 Å². The minimum atomic E-state index is -0.856. The third-order valence-corrected chi connectivity index (χ3v) is 14.8. The van der Waals surface area contributed by atoms with Crippen molar-refractivity contribution >= 4 is 5.91 Å². The molecule has 2 atom stereocenters. The Hall–Kier alpha value is -2.95. The summed E-state index contributed by atoms with van der Waals surface area (Å²) < 4.78 is 0. The average Bonchev–Trinajstić information content (AvgIpc) is 3.42. The molecule has 0 radical (unpaired) electrons. The number of carbonyl (C=O) groups excluding carboxylic acids is 1. The minimum Gasteiger partial charge on any atom is -0.394 e. The largest absolute Gasteiger partial charge is 0.394 e. The highest BCUT2D eigenvalue weighted by atomic mass is 16.3. The van der Waals surface area contributed by atoms with E-state index < -0.39 is 12.1 Å². The zero-order chi connectivity index (χ0) is 54.8. The summed E-state index contributed by atoms with van der Waals surface area (Å²) in [7, 11) is 0. The Labute approximate surface area is 474 Å². The second kappa shape index (κ2) is 66.3. The normalized spacial score (nSPS) is 13.5. The van der Waals surface area contributed by atoms with Gasteiger partial charge in [-0.05, 0) is 83.5 Å². The SMILES string of the molecule is CC/C=C\C/C=C\C/C=C\C/C=C\C/C=C\C/C=C\C/C=C\C/C=C\CCCCCCCCC(=O)NC(CO)C(O)/C=C/CCCCCCCCCCCCCCCCCCCCCCCCCCCCCCCCC. The van der Waals surface area contributed by atoms with Crippen molar-refractivity contribution in [2.24, 2.45) is 0 Å². The topological polar surface area (TPSA) is 69.6 Å². The Bertz CT molecular complexity index is 1430. The minimum absolute atomic E-state index is 0.0794. The van der Waals surface area contributed by atoms with Crippen LogP contribution in [0.3, 0.4) is 0 Å². The van der Waals surface area contributed by atoms with Gasteiger partial charge in [-0.1, -0.05) is 342 Å². The predicted octanol–water partition coefficient (Wildman–Crippen LogP) is 22.6. The van der Waals surface area contributed by atoms with Gasteiger partial charge in [0.05, 0.1) is 18.8 Å². The van der Waals surface area contributed by atoms with Gasteiger partial charge in [0.15, 0.2) is 0 Å². The lowest BCUT2D eigenvalue weighted by atomic mass is 10.0. The van der Waals surface area contributed by atoms with Crippen LogP contribution in [-0.4, -0.2) is 34.9 Å². The molecular weight excluding hydrogens is 927 g/mol. The molecule has 0 aromatic heterocycles. The highest BCUT2D eigenvalue weighted by Gasteiger charge is 2.18. The van der Waals surface area contributed by atoms with Crippen molar-refractivity contribution in [2.75, 3.05) is 6.61 Å². The summed E-state index contributed by atoms with van der Waals surface area (Å²) in [5, 5.41) is 23.3. The number of rotatable bonds is 60. The Kier molecular flexibility index (Phi) is 63.8. The van der Waals surface area contributed by atoms with Crippen LogP contribution < -0.4 is 5.32 Å². The maximum absolute atomic E-state index is 12.5.